The van der Waals surface area contributed by atoms with E-state index in [4.69, 9.17) is 0 Å². The summed E-state index contributed by atoms with van der Waals surface area (Å²) in [7, 11) is 0. The summed E-state index contributed by atoms with van der Waals surface area (Å²) in [6, 6.07) is 2.21. The molecule has 0 aliphatic rings. The molecule has 0 spiro atoms. The number of nitrogens with zero attached hydrogens (tertiary/aromatic N) is 4. The molecular weight excluding hydrogens is 228 g/mol. The van der Waals surface area contributed by atoms with Gasteiger partial charge in [0, 0.05) is 11.6 Å². The Morgan fingerprint density at radius 1 is 1.18 bits per heavy atom. The minimum atomic E-state index is -0.806. The van der Waals surface area contributed by atoms with E-state index >= 15 is 0 Å². The fraction of sp³-hybridized carbons (Fsp3) is 0. The lowest BCUT2D eigenvalue weighted by atomic mass is 10.1. The van der Waals surface area contributed by atoms with Crippen LogP contribution in [0.15, 0.2) is 24.8 Å². The van der Waals surface area contributed by atoms with Crippen LogP contribution in [0.2, 0.25) is 0 Å². The summed E-state index contributed by atoms with van der Waals surface area (Å²) in [6.45, 7) is 0. The molecule has 2 rings (SSSR count). The molecule has 1 heterocycles. The zero-order valence-electron chi connectivity index (χ0n) is 8.31. The number of nitro groups is 1. The number of hydrogen-bond donors (Lipinski definition) is 2. The van der Waals surface area contributed by atoms with Crippen LogP contribution < -0.4 is 0 Å². The maximum Gasteiger partial charge on any atom is 0.315 e. The van der Waals surface area contributed by atoms with Crippen molar-refractivity contribution in [3.63, 3.8) is 0 Å². The summed E-state index contributed by atoms with van der Waals surface area (Å²) in [5, 5.41) is 29.3. The third-order valence-corrected chi connectivity index (χ3v) is 2.02. The molecule has 2 aromatic rings. The SMILES string of the molecule is O=[N+]([O-])c1cc(-c2ncncn2)cc(O)c1O. The van der Waals surface area contributed by atoms with Crippen molar-refractivity contribution in [2.24, 2.45) is 0 Å². The first kappa shape index (κ1) is 10.7. The number of nitro benzene ring substituents is 1. The Balaban J connectivity index is 2.61. The predicted octanol–water partition coefficient (Wildman–Crippen LogP) is 0.858. The lowest BCUT2D eigenvalue weighted by molar-refractivity contribution is -0.385. The van der Waals surface area contributed by atoms with E-state index in [1.807, 2.05) is 0 Å². The predicted molar refractivity (Wildman–Crippen MR) is 55.2 cm³/mol. The molecule has 0 saturated heterocycles. The topological polar surface area (TPSA) is 122 Å². The first-order valence-electron chi connectivity index (χ1n) is 4.42. The average molecular weight is 234 g/mol. The molecular formula is C9H6N4O4. The molecule has 0 atom stereocenters. The molecule has 0 bridgehead atoms. The highest BCUT2D eigenvalue weighted by Crippen LogP contribution is 2.38. The Hall–Kier alpha value is -2.77. The van der Waals surface area contributed by atoms with Crippen LogP contribution >= 0.6 is 0 Å². The molecule has 8 heteroatoms. The summed E-state index contributed by atoms with van der Waals surface area (Å²) in [4.78, 5) is 21.0. The third-order valence-electron chi connectivity index (χ3n) is 2.02. The van der Waals surface area contributed by atoms with Crippen LogP contribution in [-0.4, -0.2) is 30.1 Å². The minimum absolute atomic E-state index is 0.165. The van der Waals surface area contributed by atoms with Crippen molar-refractivity contribution in [2.45, 2.75) is 0 Å². The first-order chi connectivity index (χ1) is 8.09. The Labute approximate surface area is 94.4 Å². The number of rotatable bonds is 2. The Kier molecular flexibility index (Phi) is 2.53. The van der Waals surface area contributed by atoms with E-state index in [2.05, 4.69) is 15.0 Å². The first-order valence-corrected chi connectivity index (χ1v) is 4.42. The summed E-state index contributed by atoms with van der Waals surface area (Å²) in [5.74, 6) is -1.22. The maximum atomic E-state index is 10.6. The average Bonchev–Trinajstić information content (AvgIpc) is 2.33. The van der Waals surface area contributed by atoms with Crippen molar-refractivity contribution in [3.05, 3.63) is 34.9 Å². The molecule has 8 nitrogen and oxygen atoms in total. The summed E-state index contributed by atoms with van der Waals surface area (Å²) >= 11 is 0. The van der Waals surface area contributed by atoms with E-state index < -0.39 is 22.1 Å². The highest BCUT2D eigenvalue weighted by Gasteiger charge is 2.20. The van der Waals surface area contributed by atoms with Gasteiger partial charge in [-0.2, -0.15) is 0 Å². The number of aromatic nitrogens is 3. The molecule has 0 unspecified atom stereocenters. The van der Waals surface area contributed by atoms with E-state index in [1.54, 1.807) is 0 Å². The molecule has 1 aromatic heterocycles. The molecule has 0 saturated carbocycles. The zero-order chi connectivity index (χ0) is 12.4. The van der Waals surface area contributed by atoms with Crippen molar-refractivity contribution in [1.82, 2.24) is 15.0 Å². The van der Waals surface area contributed by atoms with Crippen molar-refractivity contribution >= 4 is 5.69 Å². The van der Waals surface area contributed by atoms with Gasteiger partial charge in [-0.25, -0.2) is 15.0 Å². The lowest BCUT2D eigenvalue weighted by Gasteiger charge is -2.02. The standard InChI is InChI=1S/C9H6N4O4/c14-7-2-5(9-11-3-10-4-12-9)1-6(8(7)15)13(16)17/h1-4,14-15H. The second-order valence-corrected chi connectivity index (χ2v) is 3.08. The Morgan fingerprint density at radius 2 is 1.82 bits per heavy atom. The number of phenols is 2. The summed E-state index contributed by atoms with van der Waals surface area (Å²) < 4.78 is 0. The van der Waals surface area contributed by atoms with Crippen LogP contribution in [0.5, 0.6) is 11.5 Å². The van der Waals surface area contributed by atoms with E-state index in [0.29, 0.717) is 0 Å². The molecule has 1 aromatic carbocycles. The molecule has 0 radical (unpaired) electrons. The number of hydrogen-bond acceptors (Lipinski definition) is 7. The number of phenolic OH excluding ortho intramolecular Hbond substituents is 2. The molecule has 86 valence electrons. The largest absolute Gasteiger partial charge is 0.504 e. The van der Waals surface area contributed by atoms with Gasteiger partial charge in [0.2, 0.25) is 5.75 Å². The maximum absolute atomic E-state index is 10.6. The van der Waals surface area contributed by atoms with E-state index in [9.17, 15) is 20.3 Å². The smallest absolute Gasteiger partial charge is 0.315 e. The van der Waals surface area contributed by atoms with Crippen molar-refractivity contribution in [1.29, 1.82) is 0 Å². The fourth-order valence-electron chi connectivity index (χ4n) is 1.26. The van der Waals surface area contributed by atoms with Crippen LogP contribution in [0.3, 0.4) is 0 Å². The second-order valence-electron chi connectivity index (χ2n) is 3.08. The highest BCUT2D eigenvalue weighted by atomic mass is 16.6. The quantitative estimate of drug-likeness (QED) is 0.448. The molecule has 17 heavy (non-hydrogen) atoms. The third kappa shape index (κ3) is 1.95. The van der Waals surface area contributed by atoms with Gasteiger partial charge in [-0.3, -0.25) is 10.1 Å². The van der Waals surface area contributed by atoms with Gasteiger partial charge in [0.05, 0.1) is 4.92 Å². The van der Waals surface area contributed by atoms with Gasteiger partial charge < -0.3 is 10.2 Å². The van der Waals surface area contributed by atoms with Gasteiger partial charge in [0.1, 0.15) is 12.7 Å². The van der Waals surface area contributed by atoms with Crippen LogP contribution in [0.25, 0.3) is 11.4 Å². The van der Waals surface area contributed by atoms with Gasteiger partial charge in [-0.15, -0.1) is 0 Å². The normalized spacial score (nSPS) is 10.1. The van der Waals surface area contributed by atoms with Crippen molar-refractivity contribution < 1.29 is 15.1 Å². The van der Waals surface area contributed by atoms with Gasteiger partial charge in [-0.05, 0) is 6.07 Å². The Bertz CT molecular complexity index is 573. The fourth-order valence-corrected chi connectivity index (χ4v) is 1.26. The van der Waals surface area contributed by atoms with Crippen LogP contribution in [0.1, 0.15) is 0 Å². The van der Waals surface area contributed by atoms with Gasteiger partial charge >= 0.3 is 5.69 Å². The highest BCUT2D eigenvalue weighted by molar-refractivity contribution is 5.68. The number of benzene rings is 1. The minimum Gasteiger partial charge on any atom is -0.504 e. The van der Waals surface area contributed by atoms with Crippen LogP contribution in [0.4, 0.5) is 5.69 Å². The summed E-state index contributed by atoms with van der Waals surface area (Å²) in [5.41, 5.74) is -0.394. The van der Waals surface area contributed by atoms with E-state index in [0.717, 1.165) is 12.1 Å². The second kappa shape index (κ2) is 4.00. The van der Waals surface area contributed by atoms with E-state index in [-0.39, 0.29) is 11.4 Å². The van der Waals surface area contributed by atoms with Gasteiger partial charge in [0.25, 0.3) is 0 Å². The van der Waals surface area contributed by atoms with Gasteiger partial charge in [0.15, 0.2) is 11.6 Å². The summed E-state index contributed by atoms with van der Waals surface area (Å²) in [6.07, 6.45) is 2.44. The molecule has 0 amide bonds. The molecule has 0 aliphatic heterocycles. The van der Waals surface area contributed by atoms with Crippen LogP contribution in [-0.2, 0) is 0 Å². The molecule has 2 N–H and O–H groups in total. The Morgan fingerprint density at radius 3 is 2.41 bits per heavy atom. The number of aromatic hydroxyl groups is 2. The van der Waals surface area contributed by atoms with Gasteiger partial charge in [-0.1, -0.05) is 0 Å². The molecule has 0 fully saturated rings. The zero-order valence-corrected chi connectivity index (χ0v) is 8.31. The van der Waals surface area contributed by atoms with E-state index in [1.165, 1.54) is 12.7 Å². The van der Waals surface area contributed by atoms with Crippen molar-refractivity contribution in [2.75, 3.05) is 0 Å². The van der Waals surface area contributed by atoms with Crippen LogP contribution in [0, 0.1) is 10.1 Å². The molecule has 0 aliphatic carbocycles. The lowest BCUT2D eigenvalue weighted by Crippen LogP contribution is -1.93. The van der Waals surface area contributed by atoms with Crippen molar-refractivity contribution in [3.8, 4) is 22.9 Å². The monoisotopic (exact) mass is 234 g/mol.